The van der Waals surface area contributed by atoms with Crippen molar-refractivity contribution in [2.45, 2.75) is 30.6 Å². The standard InChI is InChI=1S/C12H15NO6S/c14-12(15)4-2-1-3-9-20(18,19)11-7-5-10(6-8-11)13(16)17/h5-8H,1-4,9H2,(H,14,15). The average Bonchev–Trinajstić information content (AvgIpc) is 2.38. The van der Waals surface area contributed by atoms with Crippen LogP contribution in [-0.4, -0.2) is 30.2 Å². The first-order chi connectivity index (χ1) is 9.33. The number of carboxylic acids is 1. The zero-order valence-electron chi connectivity index (χ0n) is 10.7. The molecule has 0 radical (unpaired) electrons. The zero-order valence-corrected chi connectivity index (χ0v) is 11.5. The van der Waals surface area contributed by atoms with E-state index >= 15 is 0 Å². The van der Waals surface area contributed by atoms with Crippen molar-refractivity contribution in [3.8, 4) is 0 Å². The summed E-state index contributed by atoms with van der Waals surface area (Å²) in [6, 6.07) is 4.73. The lowest BCUT2D eigenvalue weighted by molar-refractivity contribution is -0.384. The molecule has 0 heterocycles. The van der Waals surface area contributed by atoms with Gasteiger partial charge in [-0.3, -0.25) is 14.9 Å². The Morgan fingerprint density at radius 1 is 1.15 bits per heavy atom. The number of benzene rings is 1. The summed E-state index contributed by atoms with van der Waals surface area (Å²) in [6.45, 7) is 0. The number of carbonyl (C=O) groups is 1. The normalized spacial score (nSPS) is 11.2. The maximum Gasteiger partial charge on any atom is 0.303 e. The van der Waals surface area contributed by atoms with E-state index in [1.165, 1.54) is 12.1 Å². The second-order valence-electron chi connectivity index (χ2n) is 4.27. The number of non-ortho nitro benzene ring substituents is 1. The van der Waals surface area contributed by atoms with E-state index < -0.39 is 20.7 Å². The molecule has 0 amide bonds. The molecule has 7 nitrogen and oxygen atoms in total. The van der Waals surface area contributed by atoms with Crippen molar-refractivity contribution in [1.29, 1.82) is 0 Å². The molecule has 1 aromatic rings. The molecule has 1 rings (SSSR count). The molecule has 0 saturated heterocycles. The number of nitro groups is 1. The van der Waals surface area contributed by atoms with Crippen LogP contribution >= 0.6 is 0 Å². The fourth-order valence-electron chi connectivity index (χ4n) is 1.64. The smallest absolute Gasteiger partial charge is 0.303 e. The van der Waals surface area contributed by atoms with Crippen LogP contribution in [0, 0.1) is 10.1 Å². The van der Waals surface area contributed by atoms with E-state index in [2.05, 4.69) is 0 Å². The number of nitro benzene ring substituents is 1. The van der Waals surface area contributed by atoms with Gasteiger partial charge >= 0.3 is 5.97 Å². The Morgan fingerprint density at radius 3 is 2.25 bits per heavy atom. The summed E-state index contributed by atoms with van der Waals surface area (Å²) in [7, 11) is -3.47. The highest BCUT2D eigenvalue weighted by atomic mass is 32.2. The van der Waals surface area contributed by atoms with Gasteiger partial charge in [0.1, 0.15) is 0 Å². The van der Waals surface area contributed by atoms with Crippen molar-refractivity contribution in [2.75, 3.05) is 5.75 Å². The molecular weight excluding hydrogens is 286 g/mol. The molecule has 0 bridgehead atoms. The number of aliphatic carboxylic acids is 1. The topological polar surface area (TPSA) is 115 Å². The van der Waals surface area contributed by atoms with Crippen molar-refractivity contribution in [3.05, 3.63) is 34.4 Å². The zero-order chi connectivity index (χ0) is 15.2. The Balaban J connectivity index is 2.56. The summed E-state index contributed by atoms with van der Waals surface area (Å²) in [5.74, 6) is -0.993. The minimum absolute atomic E-state index is 0.0254. The minimum Gasteiger partial charge on any atom is -0.481 e. The molecule has 20 heavy (non-hydrogen) atoms. The van der Waals surface area contributed by atoms with Crippen molar-refractivity contribution in [1.82, 2.24) is 0 Å². The summed E-state index contributed by atoms with van der Waals surface area (Å²) < 4.78 is 23.8. The number of unbranched alkanes of at least 4 members (excludes halogenated alkanes) is 2. The van der Waals surface area contributed by atoms with E-state index in [9.17, 15) is 23.3 Å². The van der Waals surface area contributed by atoms with Gasteiger partial charge in [-0.25, -0.2) is 8.42 Å². The number of nitrogens with zero attached hydrogens (tertiary/aromatic N) is 1. The van der Waals surface area contributed by atoms with Crippen LogP contribution in [0.25, 0.3) is 0 Å². The first-order valence-corrected chi connectivity index (χ1v) is 7.67. The Labute approximate surface area is 116 Å². The number of rotatable bonds is 8. The highest BCUT2D eigenvalue weighted by Crippen LogP contribution is 2.18. The third kappa shape index (κ3) is 4.96. The third-order valence-corrected chi connectivity index (χ3v) is 4.53. The molecule has 0 aromatic heterocycles. The molecule has 8 heteroatoms. The molecule has 0 unspecified atom stereocenters. The van der Waals surface area contributed by atoms with Crippen LogP contribution in [0.3, 0.4) is 0 Å². The molecule has 1 N–H and O–H groups in total. The number of hydrogen-bond donors (Lipinski definition) is 1. The molecule has 0 spiro atoms. The van der Waals surface area contributed by atoms with E-state index in [1.54, 1.807) is 0 Å². The molecule has 0 aliphatic rings. The quantitative estimate of drug-likeness (QED) is 0.446. The van der Waals surface area contributed by atoms with Crippen LogP contribution in [0.15, 0.2) is 29.2 Å². The van der Waals surface area contributed by atoms with E-state index in [0.29, 0.717) is 19.3 Å². The van der Waals surface area contributed by atoms with Gasteiger partial charge in [-0.05, 0) is 25.0 Å². The van der Waals surface area contributed by atoms with Crippen molar-refractivity contribution >= 4 is 21.5 Å². The highest BCUT2D eigenvalue weighted by molar-refractivity contribution is 7.91. The molecule has 1 aromatic carbocycles. The summed E-state index contributed by atoms with van der Waals surface area (Å²) in [6.07, 6.45) is 1.34. The van der Waals surface area contributed by atoms with Gasteiger partial charge in [-0.1, -0.05) is 6.42 Å². The van der Waals surface area contributed by atoms with Crippen LogP contribution in [0.4, 0.5) is 5.69 Å². The second-order valence-corrected chi connectivity index (χ2v) is 6.38. The third-order valence-electron chi connectivity index (χ3n) is 2.71. The van der Waals surface area contributed by atoms with E-state index in [-0.39, 0.29) is 22.8 Å². The number of hydrogen-bond acceptors (Lipinski definition) is 5. The van der Waals surface area contributed by atoms with Gasteiger partial charge in [0.05, 0.1) is 15.6 Å². The van der Waals surface area contributed by atoms with Gasteiger partial charge in [-0.2, -0.15) is 0 Å². The van der Waals surface area contributed by atoms with Crippen molar-refractivity contribution < 1.29 is 23.2 Å². The molecule has 0 fully saturated rings. The van der Waals surface area contributed by atoms with Crippen molar-refractivity contribution in [3.63, 3.8) is 0 Å². The van der Waals surface area contributed by atoms with Gasteiger partial charge in [0, 0.05) is 18.6 Å². The molecule has 110 valence electrons. The van der Waals surface area contributed by atoms with Crippen LogP contribution in [-0.2, 0) is 14.6 Å². The Bertz CT molecular complexity index is 578. The van der Waals surface area contributed by atoms with Crippen LogP contribution in [0.2, 0.25) is 0 Å². The predicted molar refractivity (Wildman–Crippen MR) is 71.3 cm³/mol. The summed E-state index contributed by atoms with van der Waals surface area (Å²) >= 11 is 0. The molecule has 0 saturated carbocycles. The van der Waals surface area contributed by atoms with E-state index in [4.69, 9.17) is 5.11 Å². The lowest BCUT2D eigenvalue weighted by Gasteiger charge is -2.04. The SMILES string of the molecule is O=C(O)CCCCCS(=O)(=O)c1ccc([N+](=O)[O-])cc1. The summed E-state index contributed by atoms with van der Waals surface area (Å²) in [4.78, 5) is 20.2. The monoisotopic (exact) mass is 301 g/mol. The lowest BCUT2D eigenvalue weighted by Crippen LogP contribution is -2.07. The van der Waals surface area contributed by atoms with Crippen molar-refractivity contribution in [2.24, 2.45) is 0 Å². The molecule has 0 aliphatic heterocycles. The maximum absolute atomic E-state index is 11.9. The lowest BCUT2D eigenvalue weighted by atomic mass is 10.2. The molecule has 0 atom stereocenters. The van der Waals surface area contributed by atoms with Crippen LogP contribution < -0.4 is 0 Å². The first-order valence-electron chi connectivity index (χ1n) is 6.02. The molecule has 0 aliphatic carbocycles. The Morgan fingerprint density at radius 2 is 1.75 bits per heavy atom. The summed E-state index contributed by atoms with van der Waals surface area (Å²) in [5.41, 5.74) is -0.162. The average molecular weight is 301 g/mol. The minimum atomic E-state index is -3.47. The fourth-order valence-corrected chi connectivity index (χ4v) is 3.01. The van der Waals surface area contributed by atoms with Crippen LogP contribution in [0.1, 0.15) is 25.7 Å². The fraction of sp³-hybridized carbons (Fsp3) is 0.417. The first kappa shape index (κ1) is 16.1. The van der Waals surface area contributed by atoms with Gasteiger partial charge in [-0.15, -0.1) is 0 Å². The number of carboxylic acid groups (broad SMARTS) is 1. The van der Waals surface area contributed by atoms with Crippen LogP contribution in [0.5, 0.6) is 0 Å². The molecular formula is C12H15NO6S. The summed E-state index contributed by atoms with van der Waals surface area (Å²) in [5, 5.41) is 18.9. The van der Waals surface area contributed by atoms with E-state index in [0.717, 1.165) is 12.1 Å². The highest BCUT2D eigenvalue weighted by Gasteiger charge is 2.15. The number of sulfone groups is 1. The van der Waals surface area contributed by atoms with Gasteiger partial charge in [0.2, 0.25) is 0 Å². The van der Waals surface area contributed by atoms with Gasteiger partial charge in [0.25, 0.3) is 5.69 Å². The Hall–Kier alpha value is -1.96. The van der Waals surface area contributed by atoms with E-state index in [1.807, 2.05) is 0 Å². The second kappa shape index (κ2) is 6.99. The van der Waals surface area contributed by atoms with Gasteiger partial charge < -0.3 is 5.11 Å². The predicted octanol–water partition coefficient (Wildman–Crippen LogP) is 2.01. The largest absolute Gasteiger partial charge is 0.481 e. The maximum atomic E-state index is 11.9. The van der Waals surface area contributed by atoms with Gasteiger partial charge in [0.15, 0.2) is 9.84 Å². The Kier molecular flexibility index (Phi) is 5.63.